The summed E-state index contributed by atoms with van der Waals surface area (Å²) in [4.78, 5) is 0. The largest absolute Gasteiger partial charge is 0.486 e. The molecule has 0 aliphatic carbocycles. The van der Waals surface area contributed by atoms with E-state index < -0.39 is 0 Å². The summed E-state index contributed by atoms with van der Waals surface area (Å²) in [6.45, 7) is 7.06. The number of furan rings is 1. The van der Waals surface area contributed by atoms with Crippen molar-refractivity contribution in [1.82, 2.24) is 0 Å². The van der Waals surface area contributed by atoms with Crippen LogP contribution in [0.2, 0.25) is 0 Å². The number of fused-ring (bicyclic) bond motifs is 1. The molecule has 3 rings (SSSR count). The summed E-state index contributed by atoms with van der Waals surface area (Å²) in [6, 6.07) is 3.86. The predicted molar refractivity (Wildman–Crippen MR) is 85.7 cm³/mol. The molecule has 1 aromatic heterocycles. The van der Waals surface area contributed by atoms with E-state index in [0.717, 1.165) is 44.2 Å². The first-order valence-electron chi connectivity index (χ1n) is 6.78. The molecule has 0 saturated carbocycles. The number of halogens is 2. The zero-order valence-corrected chi connectivity index (χ0v) is 14.5. The Labute approximate surface area is 137 Å². The third kappa shape index (κ3) is 2.55. The summed E-state index contributed by atoms with van der Waals surface area (Å²) in [5.41, 5.74) is 3.06. The lowest BCUT2D eigenvalue weighted by atomic mass is 10.00. The van der Waals surface area contributed by atoms with Crippen LogP contribution in [-0.2, 0) is 0 Å². The minimum absolute atomic E-state index is 0.298. The van der Waals surface area contributed by atoms with Crippen LogP contribution in [0.25, 0.3) is 0 Å². The summed E-state index contributed by atoms with van der Waals surface area (Å²) >= 11 is 10.3. The van der Waals surface area contributed by atoms with Crippen LogP contribution in [0.4, 0.5) is 0 Å². The Hall–Kier alpha value is -1.13. The van der Waals surface area contributed by atoms with Gasteiger partial charge in [0.1, 0.15) is 24.7 Å². The summed E-state index contributed by atoms with van der Waals surface area (Å²) < 4.78 is 17.8. The molecule has 2 aromatic rings. The second-order valence-corrected chi connectivity index (χ2v) is 6.42. The molecule has 0 bridgehead atoms. The zero-order valence-electron chi connectivity index (χ0n) is 12.1. The molecule has 0 spiro atoms. The third-order valence-corrected chi connectivity index (χ3v) is 4.95. The van der Waals surface area contributed by atoms with Crippen LogP contribution in [0.1, 0.15) is 33.6 Å². The molecule has 0 radical (unpaired) electrons. The van der Waals surface area contributed by atoms with Gasteiger partial charge in [0, 0.05) is 10.0 Å². The fraction of sp³-hybridized carbons (Fsp3) is 0.375. The Balaban J connectivity index is 2.07. The van der Waals surface area contributed by atoms with E-state index >= 15 is 0 Å². The highest BCUT2D eigenvalue weighted by molar-refractivity contribution is 9.10. The van der Waals surface area contributed by atoms with Crippen molar-refractivity contribution in [3.05, 3.63) is 44.8 Å². The molecular weight excluding hydrogens is 356 g/mol. The van der Waals surface area contributed by atoms with Gasteiger partial charge in [0.2, 0.25) is 0 Å². The topological polar surface area (TPSA) is 31.6 Å². The molecule has 1 aromatic carbocycles. The van der Waals surface area contributed by atoms with Crippen LogP contribution in [0.5, 0.6) is 11.5 Å². The lowest BCUT2D eigenvalue weighted by Crippen LogP contribution is -2.15. The van der Waals surface area contributed by atoms with Crippen molar-refractivity contribution in [1.29, 1.82) is 0 Å². The van der Waals surface area contributed by atoms with E-state index in [1.165, 1.54) is 0 Å². The highest BCUT2D eigenvalue weighted by Gasteiger charge is 2.25. The van der Waals surface area contributed by atoms with Gasteiger partial charge >= 0.3 is 0 Å². The minimum Gasteiger partial charge on any atom is -0.486 e. The van der Waals surface area contributed by atoms with E-state index in [9.17, 15) is 0 Å². The molecule has 0 fully saturated rings. The molecule has 5 heteroatoms. The molecule has 0 N–H and O–H groups in total. The molecule has 1 aliphatic heterocycles. The van der Waals surface area contributed by atoms with Crippen LogP contribution in [0.3, 0.4) is 0 Å². The van der Waals surface area contributed by atoms with Crippen molar-refractivity contribution < 1.29 is 13.9 Å². The van der Waals surface area contributed by atoms with Gasteiger partial charge in [-0.25, -0.2) is 0 Å². The monoisotopic (exact) mass is 370 g/mol. The lowest BCUT2D eigenvalue weighted by molar-refractivity contribution is 0.171. The van der Waals surface area contributed by atoms with E-state index in [0.29, 0.717) is 13.2 Å². The van der Waals surface area contributed by atoms with Gasteiger partial charge in [-0.1, -0.05) is 15.9 Å². The second-order valence-electron chi connectivity index (χ2n) is 5.13. The first-order valence-corrected chi connectivity index (χ1v) is 8.01. The molecule has 1 atom stereocenters. The van der Waals surface area contributed by atoms with Crippen molar-refractivity contribution in [2.45, 2.75) is 26.1 Å². The second kappa shape index (κ2) is 5.58. The van der Waals surface area contributed by atoms with Gasteiger partial charge in [-0.2, -0.15) is 0 Å². The Morgan fingerprint density at radius 2 is 1.67 bits per heavy atom. The fourth-order valence-corrected chi connectivity index (χ4v) is 3.79. The van der Waals surface area contributed by atoms with E-state index in [4.69, 9.17) is 25.5 Å². The molecular formula is C16H16BrClO3. The maximum absolute atomic E-state index is 6.72. The standard InChI is InChI=1S/C16H16BrClO3/c1-8-9(2)21-10(3)15(8)16(18)11-6-13-14(7-12(11)17)20-5-4-19-13/h6-7,16H,4-5H2,1-3H3. The molecule has 21 heavy (non-hydrogen) atoms. The normalized spacial score (nSPS) is 15.1. The van der Waals surface area contributed by atoms with Gasteiger partial charge in [-0.3, -0.25) is 0 Å². The van der Waals surface area contributed by atoms with Gasteiger partial charge in [-0.15, -0.1) is 11.6 Å². The van der Waals surface area contributed by atoms with Gasteiger partial charge < -0.3 is 13.9 Å². The molecule has 112 valence electrons. The zero-order chi connectivity index (χ0) is 15.1. The number of hydrogen-bond acceptors (Lipinski definition) is 3. The highest BCUT2D eigenvalue weighted by Crippen LogP contribution is 2.43. The molecule has 1 aliphatic rings. The Kier molecular flexibility index (Phi) is 3.93. The molecule has 0 amide bonds. The Morgan fingerprint density at radius 1 is 1.05 bits per heavy atom. The van der Waals surface area contributed by atoms with Crippen molar-refractivity contribution in [3.63, 3.8) is 0 Å². The number of hydrogen-bond donors (Lipinski definition) is 0. The summed E-state index contributed by atoms with van der Waals surface area (Å²) in [5.74, 6) is 3.24. The average molecular weight is 372 g/mol. The van der Waals surface area contributed by atoms with Crippen LogP contribution in [0, 0.1) is 20.8 Å². The van der Waals surface area contributed by atoms with Crippen molar-refractivity contribution >= 4 is 27.5 Å². The molecule has 2 heterocycles. The van der Waals surface area contributed by atoms with Crippen molar-refractivity contribution in [2.24, 2.45) is 0 Å². The van der Waals surface area contributed by atoms with Gasteiger partial charge in [0.15, 0.2) is 11.5 Å². The van der Waals surface area contributed by atoms with Gasteiger partial charge in [-0.05, 0) is 44.0 Å². The number of alkyl halides is 1. The Morgan fingerprint density at radius 3 is 2.24 bits per heavy atom. The van der Waals surface area contributed by atoms with Crippen LogP contribution in [-0.4, -0.2) is 13.2 Å². The minimum atomic E-state index is -0.298. The van der Waals surface area contributed by atoms with Crippen LogP contribution >= 0.6 is 27.5 Å². The first-order chi connectivity index (χ1) is 9.99. The Bertz CT molecular complexity index is 693. The number of aryl methyl sites for hydroxylation is 2. The number of benzene rings is 1. The summed E-state index contributed by atoms with van der Waals surface area (Å²) in [6.07, 6.45) is 0. The SMILES string of the molecule is Cc1oc(C)c(C(Cl)c2cc3c(cc2Br)OCCO3)c1C. The summed E-state index contributed by atoms with van der Waals surface area (Å²) in [7, 11) is 0. The summed E-state index contributed by atoms with van der Waals surface area (Å²) in [5, 5.41) is -0.298. The van der Waals surface area contributed by atoms with Crippen LogP contribution < -0.4 is 9.47 Å². The fourth-order valence-electron chi connectivity index (χ4n) is 2.61. The first kappa shape index (κ1) is 14.8. The maximum Gasteiger partial charge on any atom is 0.162 e. The number of ether oxygens (including phenoxy) is 2. The number of rotatable bonds is 2. The molecule has 3 nitrogen and oxygen atoms in total. The average Bonchev–Trinajstić information content (AvgIpc) is 2.70. The van der Waals surface area contributed by atoms with E-state index in [1.807, 2.05) is 32.9 Å². The predicted octanol–water partition coefficient (Wildman–Crippen LogP) is 5.07. The van der Waals surface area contributed by atoms with Crippen LogP contribution in [0.15, 0.2) is 21.0 Å². The van der Waals surface area contributed by atoms with E-state index in [-0.39, 0.29) is 5.38 Å². The quantitative estimate of drug-likeness (QED) is 0.691. The van der Waals surface area contributed by atoms with Gasteiger partial charge in [0.25, 0.3) is 0 Å². The maximum atomic E-state index is 6.72. The van der Waals surface area contributed by atoms with E-state index in [1.54, 1.807) is 0 Å². The third-order valence-electron chi connectivity index (χ3n) is 3.81. The van der Waals surface area contributed by atoms with Crippen molar-refractivity contribution in [2.75, 3.05) is 13.2 Å². The highest BCUT2D eigenvalue weighted by atomic mass is 79.9. The van der Waals surface area contributed by atoms with Crippen molar-refractivity contribution in [3.8, 4) is 11.5 Å². The van der Waals surface area contributed by atoms with E-state index in [2.05, 4.69) is 15.9 Å². The molecule has 0 saturated heterocycles. The lowest BCUT2D eigenvalue weighted by Gasteiger charge is -2.21. The molecule has 1 unspecified atom stereocenters. The van der Waals surface area contributed by atoms with Gasteiger partial charge in [0.05, 0.1) is 5.38 Å². The smallest absolute Gasteiger partial charge is 0.162 e.